The van der Waals surface area contributed by atoms with Crippen molar-refractivity contribution in [2.45, 2.75) is 207 Å². The molecule has 0 unspecified atom stereocenters. The van der Waals surface area contributed by atoms with E-state index in [4.69, 9.17) is 30.1 Å². The van der Waals surface area contributed by atoms with E-state index in [0.717, 1.165) is 152 Å². The Balaban J connectivity index is 0.000000138. The van der Waals surface area contributed by atoms with Crippen LogP contribution in [0.1, 0.15) is 158 Å². The van der Waals surface area contributed by atoms with Crippen LogP contribution in [0.5, 0.6) is 0 Å². The van der Waals surface area contributed by atoms with E-state index in [1.54, 1.807) is 104 Å². The number of aliphatic hydroxyl groups excluding tert-OH is 6. The summed E-state index contributed by atoms with van der Waals surface area (Å²) >= 11 is 0. The Morgan fingerprint density at radius 3 is 0.767 bits per heavy atom. The molecular weight excluding hydrogens is 1530 g/mol. The Morgan fingerprint density at radius 1 is 0.300 bits per heavy atom. The lowest BCUT2D eigenvalue weighted by molar-refractivity contribution is -0.0147. The number of fused-ring (bicyclic) bond motifs is 4. The zero-order valence-corrected chi connectivity index (χ0v) is 69.5. The second kappa shape index (κ2) is 38.7. The van der Waals surface area contributed by atoms with Crippen molar-refractivity contribution in [1.82, 2.24) is 137 Å². The summed E-state index contributed by atoms with van der Waals surface area (Å²) in [5.74, 6) is 0. The van der Waals surface area contributed by atoms with Crippen molar-refractivity contribution in [2.75, 3.05) is 26.4 Å². The average molecular weight is 1640 g/mol. The monoisotopic (exact) mass is 1640 g/mol. The van der Waals surface area contributed by atoms with Crippen molar-refractivity contribution in [2.24, 2.45) is 0 Å². The van der Waals surface area contributed by atoms with Crippen LogP contribution in [0.25, 0.3) is 112 Å². The average Bonchev–Trinajstić information content (AvgIpc) is 1.63. The molecule has 8 N–H and O–H groups in total. The highest BCUT2D eigenvalue weighted by Gasteiger charge is 2.26. The van der Waals surface area contributed by atoms with E-state index in [1.807, 2.05) is 139 Å². The molecule has 16 aromatic rings. The Kier molecular flexibility index (Phi) is 27.6. The summed E-state index contributed by atoms with van der Waals surface area (Å²) in [5.41, 5.74) is 14.3. The second-order valence-corrected chi connectivity index (χ2v) is 30.7. The van der Waals surface area contributed by atoms with Gasteiger partial charge in [-0.1, -0.05) is 55.4 Å². The third-order valence-electron chi connectivity index (χ3n) is 21.4. The minimum atomic E-state index is -1.24. The summed E-state index contributed by atoms with van der Waals surface area (Å²) in [6.07, 6.45) is 51.7. The van der Waals surface area contributed by atoms with Gasteiger partial charge in [-0.05, 0) is 102 Å². The quantitative estimate of drug-likeness (QED) is 0.0186. The fourth-order valence-electron chi connectivity index (χ4n) is 14.5. The maximum absolute atomic E-state index is 10.1. The normalized spacial score (nSPS) is 13.4. The lowest BCUT2D eigenvalue weighted by atomic mass is 10.1. The van der Waals surface area contributed by atoms with Gasteiger partial charge in [0.05, 0.1) is 243 Å². The van der Waals surface area contributed by atoms with Crippen LogP contribution in [-0.2, 0) is 26.2 Å². The van der Waals surface area contributed by atoms with E-state index in [0.29, 0.717) is 61.5 Å². The minimum absolute atomic E-state index is 0.0548. The van der Waals surface area contributed by atoms with E-state index >= 15 is 0 Å². The molecule has 632 valence electrons. The molecular formula is C84H108N28O8. The summed E-state index contributed by atoms with van der Waals surface area (Å²) < 4.78 is 21.8. The first kappa shape index (κ1) is 85.7. The SMILES string of the molecule is CCC(CC)n1cc(-c2nc(-c3cnn(C[C@@H](O)CCO)c3)cn3nccc23)cn1.CCC(CC)n1cc(-c2nc(-c3cnn(C[C@@](C)(O)CO)c3)cn3nccc23)cn1.CCC(CC)n1cc(-c2nc(-c3cnn(C[C@H](O)CCO)c3)cn3nccc23)cn1.CCC(CC)n1cc(-c2nc(-c3cnn(C[C@](C)(O)CO)c3)cn3nccc23)cn1. The van der Waals surface area contributed by atoms with Crippen molar-refractivity contribution in [3.8, 4) is 90.1 Å². The molecule has 120 heavy (non-hydrogen) atoms. The zero-order valence-electron chi connectivity index (χ0n) is 69.5. The van der Waals surface area contributed by atoms with Crippen LogP contribution >= 0.6 is 0 Å². The summed E-state index contributed by atoms with van der Waals surface area (Å²) in [7, 11) is 0. The van der Waals surface area contributed by atoms with Crippen molar-refractivity contribution < 1.29 is 40.9 Å². The van der Waals surface area contributed by atoms with Gasteiger partial charge in [-0.15, -0.1) is 0 Å². The third-order valence-corrected chi connectivity index (χ3v) is 21.4. The molecule has 0 fully saturated rings. The van der Waals surface area contributed by atoms with Gasteiger partial charge < -0.3 is 40.9 Å². The van der Waals surface area contributed by atoms with Gasteiger partial charge >= 0.3 is 0 Å². The van der Waals surface area contributed by atoms with Crippen LogP contribution < -0.4 is 0 Å². The van der Waals surface area contributed by atoms with Crippen LogP contribution in [0.15, 0.2) is 173 Å². The predicted molar refractivity (Wildman–Crippen MR) is 451 cm³/mol. The van der Waals surface area contributed by atoms with E-state index in [2.05, 4.69) is 117 Å². The molecule has 0 saturated heterocycles. The number of rotatable bonds is 34. The summed E-state index contributed by atoms with van der Waals surface area (Å²) in [6.45, 7) is 20.7. The molecule has 0 bridgehead atoms. The van der Waals surface area contributed by atoms with Crippen LogP contribution in [0.3, 0.4) is 0 Å². The van der Waals surface area contributed by atoms with Gasteiger partial charge in [-0.3, -0.25) is 37.5 Å². The highest BCUT2D eigenvalue weighted by atomic mass is 16.3. The van der Waals surface area contributed by atoms with Crippen LogP contribution in [0, 0.1) is 0 Å². The number of hydrogen-bond donors (Lipinski definition) is 8. The fraction of sp³-hybridized carbons (Fsp3) is 0.429. The molecule has 16 aromatic heterocycles. The molecule has 0 aromatic carbocycles. The van der Waals surface area contributed by atoms with Gasteiger partial charge in [0.1, 0.15) is 11.2 Å². The van der Waals surface area contributed by atoms with Gasteiger partial charge in [0.15, 0.2) is 0 Å². The molecule has 0 aliphatic rings. The molecule has 16 rings (SSSR count). The largest absolute Gasteiger partial charge is 0.396 e. The first-order valence-electron chi connectivity index (χ1n) is 41.0. The number of hydrogen-bond acceptors (Lipinski definition) is 24. The van der Waals surface area contributed by atoms with Gasteiger partial charge in [0, 0.05) is 107 Å². The zero-order chi connectivity index (χ0) is 84.8. The van der Waals surface area contributed by atoms with Crippen molar-refractivity contribution in [1.29, 1.82) is 0 Å². The summed E-state index contributed by atoms with van der Waals surface area (Å²) in [6, 6.07) is 9.20. The highest BCUT2D eigenvalue weighted by Crippen LogP contribution is 2.34. The standard InChI is InChI=1S/4C21H27N7O2/c2*1-4-17(5-2)27-11-16(9-24-27)20-19-6-7-22-28(19)12-18(25-20)15-8-23-26(10-15)13-21(3,30)14-29;2*1-3-17(4-2)27-12-16(10-24-27)21-20-5-7-22-28(20)14-19(25-21)15-9-23-26(11-15)13-18(30)6-8-29/h2*6-12,17,29-30H,4-5,13-14H2,1-3H3;2*5,7,9-12,14,17-18,29-30H,3-4,6,8,13H2,1-2H3/t2*21-;2*18-/m1010/s1. The predicted octanol–water partition coefficient (Wildman–Crippen LogP) is 10.2. The molecule has 36 heteroatoms. The molecule has 0 radical (unpaired) electrons. The Labute approximate surface area is 693 Å². The van der Waals surface area contributed by atoms with Gasteiger partial charge in [0.25, 0.3) is 0 Å². The number of aliphatic hydroxyl groups is 8. The number of nitrogens with zero attached hydrogens (tertiary/aromatic N) is 28. The van der Waals surface area contributed by atoms with Gasteiger partial charge in [-0.2, -0.15) is 61.2 Å². The van der Waals surface area contributed by atoms with Crippen molar-refractivity contribution in [3.63, 3.8) is 0 Å². The molecule has 0 saturated carbocycles. The van der Waals surface area contributed by atoms with Crippen molar-refractivity contribution >= 4 is 22.1 Å². The van der Waals surface area contributed by atoms with Gasteiger partial charge in [0.2, 0.25) is 0 Å². The maximum atomic E-state index is 10.1. The smallest absolute Gasteiger partial charge is 0.104 e. The Bertz CT molecular complexity index is 5560. The molecule has 4 atom stereocenters. The maximum Gasteiger partial charge on any atom is 0.104 e. The first-order chi connectivity index (χ1) is 58.1. The van der Waals surface area contributed by atoms with Crippen LogP contribution in [0.2, 0.25) is 0 Å². The molecule has 16 heterocycles. The minimum Gasteiger partial charge on any atom is -0.396 e. The van der Waals surface area contributed by atoms with Crippen LogP contribution in [-0.4, -0.2) is 227 Å². The van der Waals surface area contributed by atoms with E-state index in [-0.39, 0.29) is 39.5 Å². The third kappa shape index (κ3) is 19.9. The molecule has 0 aliphatic heterocycles. The molecule has 0 spiro atoms. The summed E-state index contributed by atoms with van der Waals surface area (Å²) in [5, 5.41) is 130. The molecule has 0 amide bonds. The molecule has 36 nitrogen and oxygen atoms in total. The van der Waals surface area contributed by atoms with Gasteiger partial charge in [-0.25, -0.2) is 38.0 Å². The molecule has 0 aliphatic carbocycles. The lowest BCUT2D eigenvalue weighted by Gasteiger charge is -2.19. The number of aromatic nitrogens is 28. The van der Waals surface area contributed by atoms with E-state index in [1.165, 1.54) is 0 Å². The van der Waals surface area contributed by atoms with Crippen LogP contribution in [0.4, 0.5) is 0 Å². The Morgan fingerprint density at radius 2 is 0.533 bits per heavy atom. The summed E-state index contributed by atoms with van der Waals surface area (Å²) in [4.78, 5) is 19.6. The van der Waals surface area contributed by atoms with E-state index < -0.39 is 23.4 Å². The van der Waals surface area contributed by atoms with Crippen molar-refractivity contribution in [3.05, 3.63) is 173 Å². The second-order valence-electron chi connectivity index (χ2n) is 30.7. The van der Waals surface area contributed by atoms with E-state index in [9.17, 15) is 30.6 Å². The highest BCUT2D eigenvalue weighted by molar-refractivity contribution is 5.81. The topological polar surface area (TPSA) is 425 Å². The Hall–Kier alpha value is -12.2. The first-order valence-corrected chi connectivity index (χ1v) is 41.0. The fourth-order valence-corrected chi connectivity index (χ4v) is 14.5. The lowest BCUT2D eigenvalue weighted by Crippen LogP contribution is -2.34.